The number of ether oxygens (including phenoxy) is 5. The zero-order valence-electron chi connectivity index (χ0n) is 40.1. The number of hydrogen-bond acceptors (Lipinski definition) is 13. The predicted molar refractivity (Wildman–Crippen MR) is 248 cm³/mol. The number of halogens is 6. The largest absolute Gasteiger partial charge is 0.497 e. The van der Waals surface area contributed by atoms with Crippen LogP contribution < -0.4 is 28.7 Å². The van der Waals surface area contributed by atoms with Gasteiger partial charge in [0.25, 0.3) is 0 Å². The Morgan fingerprint density at radius 2 is 1.56 bits per heavy atom. The Hall–Kier alpha value is -6.31. The van der Waals surface area contributed by atoms with Crippen molar-refractivity contribution in [1.82, 2.24) is 29.7 Å². The number of methoxy groups -OCH3 is 2. The third-order valence-electron chi connectivity index (χ3n) is 13.6. The highest BCUT2D eigenvalue weighted by Gasteiger charge is 2.51. The van der Waals surface area contributed by atoms with Crippen molar-refractivity contribution in [3.8, 4) is 34.8 Å². The molecule has 0 spiro atoms. The predicted octanol–water partition coefficient (Wildman–Crippen LogP) is 9.55. The van der Waals surface area contributed by atoms with Gasteiger partial charge < -0.3 is 38.4 Å². The Bertz CT molecular complexity index is 2700. The van der Waals surface area contributed by atoms with E-state index in [0.717, 1.165) is 6.42 Å². The van der Waals surface area contributed by atoms with Crippen molar-refractivity contribution in [2.75, 3.05) is 56.8 Å². The zero-order valence-corrected chi connectivity index (χ0v) is 40.1. The fourth-order valence-electron chi connectivity index (χ4n) is 10.5. The monoisotopic (exact) mass is 978 g/mol. The summed E-state index contributed by atoms with van der Waals surface area (Å²) in [7, 11) is 3.01. The third kappa shape index (κ3) is 9.37. The Balaban J connectivity index is 1.21. The minimum atomic E-state index is -5.25. The molecule has 7 heterocycles. The highest BCUT2D eigenvalue weighted by atomic mass is 19.4. The van der Waals surface area contributed by atoms with Crippen LogP contribution in [0.25, 0.3) is 22.3 Å². The lowest BCUT2D eigenvalue weighted by molar-refractivity contribution is -0.137. The minimum Gasteiger partial charge on any atom is -0.497 e. The lowest BCUT2D eigenvalue weighted by Crippen LogP contribution is -2.65. The first-order valence-electron chi connectivity index (χ1n) is 23.4. The van der Waals surface area contributed by atoms with Crippen molar-refractivity contribution in [3.05, 3.63) is 82.9 Å². The van der Waals surface area contributed by atoms with Gasteiger partial charge in [0.2, 0.25) is 5.88 Å². The molecule has 5 atom stereocenters. The maximum atomic E-state index is 17.9. The number of nitrogens with zero attached hydrogens (tertiary/aromatic N) is 8. The fourth-order valence-corrected chi connectivity index (χ4v) is 10.5. The second-order valence-electron chi connectivity index (χ2n) is 19.4. The van der Waals surface area contributed by atoms with Gasteiger partial charge in [0.05, 0.1) is 37.4 Å². The smallest absolute Gasteiger partial charge is 0.418 e. The number of anilines is 2. The van der Waals surface area contributed by atoms with Crippen LogP contribution in [0.2, 0.25) is 0 Å². The third-order valence-corrected chi connectivity index (χ3v) is 13.6. The maximum absolute atomic E-state index is 17.9. The number of piperazine rings is 1. The van der Waals surface area contributed by atoms with Crippen LogP contribution in [0, 0.1) is 11.6 Å². The molecule has 374 valence electrons. The molecule has 1 amide bonds. The number of carbonyl (C=O) groups excluding carboxylic acids is 1. The average molecular weight is 979 g/mol. The molecule has 0 aliphatic carbocycles. The lowest BCUT2D eigenvalue weighted by Gasteiger charge is -2.48. The summed E-state index contributed by atoms with van der Waals surface area (Å²) < 4.78 is 125. The van der Waals surface area contributed by atoms with E-state index in [1.165, 1.54) is 19.1 Å². The Morgan fingerprint density at radius 1 is 0.900 bits per heavy atom. The lowest BCUT2D eigenvalue weighted by atomic mass is 9.94. The quantitative estimate of drug-likeness (QED) is 0.110. The maximum Gasteiger partial charge on any atom is 0.418 e. The highest BCUT2D eigenvalue weighted by Crippen LogP contribution is 2.47. The molecule has 3 aromatic heterocycles. The van der Waals surface area contributed by atoms with E-state index in [2.05, 4.69) is 15.0 Å². The molecule has 3 fully saturated rings. The number of rotatable bonds is 12. The SMILES string of the molecule is CC[C@H]1[C@H]2[C@H](C)Oc3nc(-c4nc(N(Cc5ccc(OC)cc5)Cc5ccc(OC)cc5)c(F)cc4C(F)(F)F)c(F)c4nc(OC[C@@]56CCCN5C[C@H](F)C6)nc(c34)N2CCN1C(=O)OC(C)(C)C. The van der Waals surface area contributed by atoms with Crippen LogP contribution in [0.5, 0.6) is 23.4 Å². The standard InChI is InChI=1S/C50H56F6N8O6/c1-8-36-42-28(2)69-45-37-40(59-46(68-27-49-18-9-19-62(49)26-31(51)23-49)60-44(37)64(42)21-20-63(36)47(65)70-48(3,4)5)38(53)41(58-45)39-34(50(54,55)56)22-35(52)43(57-39)61(24-29-10-14-32(66-6)15-11-29)25-30-12-16-33(67-7)17-13-30/h10-17,22,28,31,36,42H,8-9,18-21,23-27H2,1-7H3/t28-,31+,36-,42+,49-/m0/s1. The van der Waals surface area contributed by atoms with Gasteiger partial charge in [-0.15, -0.1) is 0 Å². The van der Waals surface area contributed by atoms with Gasteiger partial charge in [-0.1, -0.05) is 31.2 Å². The van der Waals surface area contributed by atoms with Gasteiger partial charge >= 0.3 is 18.3 Å². The number of pyridine rings is 2. The van der Waals surface area contributed by atoms with E-state index < -0.39 is 87.7 Å². The average Bonchev–Trinajstić information content (AvgIpc) is 3.82. The summed E-state index contributed by atoms with van der Waals surface area (Å²) in [6, 6.07) is 12.5. The van der Waals surface area contributed by atoms with Gasteiger partial charge in [-0.05, 0) is 95.0 Å². The molecule has 9 rings (SSSR count). The fraction of sp³-hybridized carbons (Fsp3) is 0.500. The van der Waals surface area contributed by atoms with Crippen LogP contribution in [0.4, 0.5) is 42.8 Å². The van der Waals surface area contributed by atoms with Crippen LogP contribution in [0.15, 0.2) is 54.6 Å². The number of benzene rings is 2. The van der Waals surface area contributed by atoms with E-state index in [4.69, 9.17) is 28.7 Å². The second-order valence-corrected chi connectivity index (χ2v) is 19.4. The van der Waals surface area contributed by atoms with Gasteiger partial charge in [0, 0.05) is 39.1 Å². The summed E-state index contributed by atoms with van der Waals surface area (Å²) in [5.41, 5.74) is -4.20. The molecular formula is C50H56F6N8O6. The summed E-state index contributed by atoms with van der Waals surface area (Å²) >= 11 is 0. The molecule has 5 aromatic rings. The van der Waals surface area contributed by atoms with Gasteiger partial charge in [0.15, 0.2) is 17.5 Å². The number of alkyl halides is 4. The minimum absolute atomic E-state index is 0.0373. The van der Waals surface area contributed by atoms with Gasteiger partial charge in [0.1, 0.15) is 64.1 Å². The summed E-state index contributed by atoms with van der Waals surface area (Å²) in [4.78, 5) is 38.9. The molecule has 4 aliphatic rings. The summed E-state index contributed by atoms with van der Waals surface area (Å²) in [6.45, 7) is 10.0. The molecule has 2 aromatic carbocycles. The van der Waals surface area contributed by atoms with Gasteiger partial charge in [-0.25, -0.2) is 27.9 Å². The van der Waals surface area contributed by atoms with Crippen molar-refractivity contribution in [2.24, 2.45) is 0 Å². The summed E-state index contributed by atoms with van der Waals surface area (Å²) in [5, 5.41) is -0.0506. The number of fused-ring (bicyclic) bond motifs is 3. The van der Waals surface area contributed by atoms with Crippen LogP contribution in [0.1, 0.15) is 77.0 Å². The van der Waals surface area contributed by atoms with Crippen LogP contribution >= 0.6 is 0 Å². The molecule has 0 radical (unpaired) electrons. The first-order valence-corrected chi connectivity index (χ1v) is 23.4. The van der Waals surface area contributed by atoms with E-state index in [9.17, 15) is 9.18 Å². The molecule has 70 heavy (non-hydrogen) atoms. The molecule has 20 heteroatoms. The van der Waals surface area contributed by atoms with Crippen LogP contribution in [0.3, 0.4) is 0 Å². The van der Waals surface area contributed by atoms with E-state index >= 15 is 22.0 Å². The summed E-state index contributed by atoms with van der Waals surface area (Å²) in [6.07, 6.45) is -5.64. The number of hydrogen-bond donors (Lipinski definition) is 0. The molecule has 14 nitrogen and oxygen atoms in total. The van der Waals surface area contributed by atoms with Gasteiger partial charge in [-0.2, -0.15) is 23.1 Å². The zero-order chi connectivity index (χ0) is 49.9. The summed E-state index contributed by atoms with van der Waals surface area (Å²) in [5.74, 6) is -2.24. The molecule has 3 saturated heterocycles. The van der Waals surface area contributed by atoms with Crippen molar-refractivity contribution in [2.45, 2.75) is 115 Å². The first kappa shape index (κ1) is 48.7. The molecular weight excluding hydrogens is 923 g/mol. The Labute approximate surface area is 401 Å². The molecule has 0 N–H and O–H groups in total. The number of aromatic nitrogens is 4. The normalized spacial score (nSPS) is 22.3. The molecule has 0 bridgehead atoms. The Kier molecular flexibility index (Phi) is 13.1. The van der Waals surface area contributed by atoms with E-state index in [0.29, 0.717) is 48.1 Å². The molecule has 4 aliphatic heterocycles. The topological polar surface area (TPSA) is 128 Å². The molecule has 0 unspecified atom stereocenters. The highest BCUT2D eigenvalue weighted by molar-refractivity contribution is 5.97. The van der Waals surface area contributed by atoms with Crippen molar-refractivity contribution in [1.29, 1.82) is 0 Å². The Morgan fingerprint density at radius 3 is 2.16 bits per heavy atom. The molecule has 0 saturated carbocycles. The van der Waals surface area contributed by atoms with Gasteiger partial charge in [-0.3, -0.25) is 4.90 Å². The van der Waals surface area contributed by atoms with E-state index in [1.807, 2.05) is 16.7 Å². The van der Waals surface area contributed by atoms with Crippen molar-refractivity contribution in [3.63, 3.8) is 0 Å². The van der Waals surface area contributed by atoms with Crippen LogP contribution in [-0.2, 0) is 24.0 Å². The second kappa shape index (κ2) is 18.8. The van der Waals surface area contributed by atoms with Crippen molar-refractivity contribution >= 4 is 28.6 Å². The van der Waals surface area contributed by atoms with E-state index in [1.54, 1.807) is 81.1 Å². The van der Waals surface area contributed by atoms with Crippen molar-refractivity contribution < 1.29 is 54.8 Å². The first-order chi connectivity index (χ1) is 33.3. The number of amides is 1. The van der Waals surface area contributed by atoms with E-state index in [-0.39, 0.29) is 68.8 Å². The number of carbonyl (C=O) groups is 1. The van der Waals surface area contributed by atoms with Crippen LogP contribution in [-0.4, -0.2) is 118 Å².